The lowest BCUT2D eigenvalue weighted by Gasteiger charge is -2.09. The molecule has 0 saturated carbocycles. The van der Waals surface area contributed by atoms with Crippen molar-refractivity contribution in [1.82, 2.24) is 14.2 Å². The fraction of sp³-hybridized carbons (Fsp3) is 0.0882. The lowest BCUT2D eigenvalue weighted by Crippen LogP contribution is -2.20. The zero-order chi connectivity index (χ0) is 28.1. The highest BCUT2D eigenvalue weighted by atomic mass is 35.5. The first-order chi connectivity index (χ1) is 20.0. The third-order valence-corrected chi connectivity index (χ3v) is 7.69. The Morgan fingerprint density at radius 1 is 0.902 bits per heavy atom. The van der Waals surface area contributed by atoms with E-state index in [2.05, 4.69) is 54.8 Å². The Bertz CT molecular complexity index is 2200. The Morgan fingerprint density at radius 3 is 2.56 bits per heavy atom. The van der Waals surface area contributed by atoms with Gasteiger partial charge in [0.1, 0.15) is 5.58 Å². The molecule has 7 heteroatoms. The highest BCUT2D eigenvalue weighted by molar-refractivity contribution is 6.31. The van der Waals surface area contributed by atoms with E-state index in [0.717, 1.165) is 34.1 Å². The molecule has 7 rings (SSSR count). The smallest absolute Gasteiger partial charge is 0.282 e. The largest absolute Gasteiger partial charge is 0.453 e. The summed E-state index contributed by atoms with van der Waals surface area (Å²) < 4.78 is 9.74. The van der Waals surface area contributed by atoms with Gasteiger partial charge in [-0.3, -0.25) is 4.79 Å². The minimum atomic E-state index is -0.276. The number of hydrogen-bond acceptors (Lipinski definition) is 4. The number of fused-ring (bicyclic) bond motifs is 3. The van der Waals surface area contributed by atoms with Gasteiger partial charge in [0.25, 0.3) is 5.56 Å². The average molecular weight is 557 g/mol. The summed E-state index contributed by atoms with van der Waals surface area (Å²) in [7, 11) is 0. The van der Waals surface area contributed by atoms with Crippen molar-refractivity contribution in [1.29, 1.82) is 0 Å². The van der Waals surface area contributed by atoms with Crippen LogP contribution in [-0.4, -0.2) is 20.4 Å². The summed E-state index contributed by atoms with van der Waals surface area (Å²) in [4.78, 5) is 18.6. The van der Waals surface area contributed by atoms with Crippen LogP contribution in [0.5, 0.6) is 0 Å². The van der Waals surface area contributed by atoms with E-state index >= 15 is 0 Å². The van der Waals surface area contributed by atoms with Gasteiger partial charge < -0.3 is 8.98 Å². The first-order valence-corrected chi connectivity index (χ1v) is 13.7. The molecule has 0 atom stereocenters. The average Bonchev–Trinajstić information content (AvgIpc) is 3.51. The van der Waals surface area contributed by atoms with E-state index in [-0.39, 0.29) is 5.56 Å². The number of para-hydroxylation sites is 2. The Kier molecular flexibility index (Phi) is 6.06. The number of aryl methyl sites for hydroxylation is 1. The standard InChI is InChI=1S/C34H25ClN4O2/c1-21-8-7-9-23(16-21)20-38-22(2)28(26-10-4-6-13-30(26)38)19-36-39-33(37-29-12-5-3-11-27(29)34(39)40)32-18-24-17-25(35)14-15-31(24)41-32/h3-19H,20H2,1-2H3. The first kappa shape index (κ1) is 25.1. The van der Waals surface area contributed by atoms with Gasteiger partial charge in [0.15, 0.2) is 5.76 Å². The fourth-order valence-corrected chi connectivity index (χ4v) is 5.63. The monoisotopic (exact) mass is 556 g/mol. The zero-order valence-electron chi connectivity index (χ0n) is 22.5. The maximum Gasteiger partial charge on any atom is 0.282 e. The van der Waals surface area contributed by atoms with Gasteiger partial charge in [-0.2, -0.15) is 9.78 Å². The summed E-state index contributed by atoms with van der Waals surface area (Å²) in [6.45, 7) is 4.92. The van der Waals surface area contributed by atoms with Gasteiger partial charge in [0.05, 0.1) is 17.1 Å². The molecule has 0 spiro atoms. The molecule has 0 unspecified atom stereocenters. The van der Waals surface area contributed by atoms with E-state index in [1.807, 2.05) is 42.5 Å². The molecule has 7 aromatic rings. The number of nitrogens with zero attached hydrogens (tertiary/aromatic N) is 4. The molecule has 3 aromatic heterocycles. The van der Waals surface area contributed by atoms with Crippen molar-refractivity contribution in [3.63, 3.8) is 0 Å². The SMILES string of the molecule is Cc1cccc(Cn2c(C)c(C=Nn3c(-c4cc5cc(Cl)ccc5o4)nc4ccccc4c3=O)c3ccccc32)c1. The van der Waals surface area contributed by atoms with E-state index in [1.54, 1.807) is 24.4 Å². The quantitative estimate of drug-likeness (QED) is 0.202. The van der Waals surface area contributed by atoms with Gasteiger partial charge in [0.2, 0.25) is 5.82 Å². The number of rotatable bonds is 5. The molecule has 4 aromatic carbocycles. The number of benzene rings is 4. The highest BCUT2D eigenvalue weighted by Gasteiger charge is 2.18. The van der Waals surface area contributed by atoms with Crippen molar-refractivity contribution in [2.75, 3.05) is 0 Å². The van der Waals surface area contributed by atoms with Crippen molar-refractivity contribution >= 4 is 50.6 Å². The highest BCUT2D eigenvalue weighted by Crippen LogP contribution is 2.30. The maximum absolute atomic E-state index is 13.8. The molecule has 0 saturated heterocycles. The summed E-state index contributed by atoms with van der Waals surface area (Å²) in [5.41, 5.74) is 6.49. The van der Waals surface area contributed by atoms with Crippen LogP contribution in [0.15, 0.2) is 111 Å². The third kappa shape index (κ3) is 4.42. The van der Waals surface area contributed by atoms with E-state index in [1.165, 1.54) is 15.8 Å². The molecule has 0 amide bonds. The summed E-state index contributed by atoms with van der Waals surface area (Å²) in [5, 5.41) is 7.71. The van der Waals surface area contributed by atoms with Crippen molar-refractivity contribution < 1.29 is 4.42 Å². The Morgan fingerprint density at radius 2 is 1.71 bits per heavy atom. The van der Waals surface area contributed by atoms with Crippen LogP contribution >= 0.6 is 11.6 Å². The summed E-state index contributed by atoms with van der Waals surface area (Å²) in [5.74, 6) is 0.749. The number of furan rings is 1. The van der Waals surface area contributed by atoms with Gasteiger partial charge in [0, 0.05) is 39.1 Å². The lowest BCUT2D eigenvalue weighted by molar-refractivity contribution is 0.616. The second kappa shape index (κ2) is 9.91. The predicted molar refractivity (Wildman–Crippen MR) is 166 cm³/mol. The molecule has 0 radical (unpaired) electrons. The molecule has 0 aliphatic heterocycles. The molecule has 0 bridgehead atoms. The van der Waals surface area contributed by atoms with Crippen molar-refractivity contribution in [2.24, 2.45) is 5.10 Å². The molecule has 0 aliphatic rings. The summed E-state index contributed by atoms with van der Waals surface area (Å²) in [6.07, 6.45) is 1.76. The molecular weight excluding hydrogens is 532 g/mol. The van der Waals surface area contributed by atoms with Crippen LogP contribution in [0.25, 0.3) is 44.4 Å². The Hall–Kier alpha value is -4.94. The lowest BCUT2D eigenvalue weighted by atomic mass is 10.1. The van der Waals surface area contributed by atoms with Crippen LogP contribution in [0.4, 0.5) is 0 Å². The molecule has 0 aliphatic carbocycles. The van der Waals surface area contributed by atoms with Gasteiger partial charge in [-0.05, 0) is 61.9 Å². The topological polar surface area (TPSA) is 65.3 Å². The number of aromatic nitrogens is 3. The molecule has 41 heavy (non-hydrogen) atoms. The molecule has 0 fully saturated rings. The van der Waals surface area contributed by atoms with E-state index in [9.17, 15) is 4.79 Å². The van der Waals surface area contributed by atoms with E-state index in [4.69, 9.17) is 26.1 Å². The van der Waals surface area contributed by atoms with Crippen LogP contribution in [0.3, 0.4) is 0 Å². The van der Waals surface area contributed by atoms with Gasteiger partial charge >= 0.3 is 0 Å². The van der Waals surface area contributed by atoms with Crippen LogP contribution in [-0.2, 0) is 6.54 Å². The summed E-state index contributed by atoms with van der Waals surface area (Å²) in [6, 6.07) is 31.3. The second-order valence-electron chi connectivity index (χ2n) is 10.2. The van der Waals surface area contributed by atoms with Gasteiger partial charge in [-0.25, -0.2) is 4.98 Å². The predicted octanol–water partition coefficient (Wildman–Crippen LogP) is 7.97. The van der Waals surface area contributed by atoms with Crippen LogP contribution in [0.2, 0.25) is 5.02 Å². The molecule has 0 N–H and O–H groups in total. The normalized spacial score (nSPS) is 11.9. The van der Waals surface area contributed by atoms with Crippen molar-refractivity contribution in [2.45, 2.75) is 20.4 Å². The minimum absolute atomic E-state index is 0.276. The molecule has 3 heterocycles. The van der Waals surface area contributed by atoms with Crippen LogP contribution in [0.1, 0.15) is 22.4 Å². The number of hydrogen-bond donors (Lipinski definition) is 0. The van der Waals surface area contributed by atoms with E-state index < -0.39 is 0 Å². The fourth-order valence-electron chi connectivity index (χ4n) is 5.45. The van der Waals surface area contributed by atoms with Gasteiger partial charge in [-0.15, -0.1) is 0 Å². The van der Waals surface area contributed by atoms with Crippen LogP contribution < -0.4 is 5.56 Å². The maximum atomic E-state index is 13.8. The van der Waals surface area contributed by atoms with Crippen molar-refractivity contribution in [3.8, 4) is 11.6 Å². The first-order valence-electron chi connectivity index (χ1n) is 13.4. The Balaban J connectivity index is 1.40. The zero-order valence-corrected chi connectivity index (χ0v) is 23.3. The minimum Gasteiger partial charge on any atom is -0.453 e. The molecule has 6 nitrogen and oxygen atoms in total. The second-order valence-corrected chi connectivity index (χ2v) is 10.6. The van der Waals surface area contributed by atoms with E-state index in [0.29, 0.717) is 33.1 Å². The summed E-state index contributed by atoms with van der Waals surface area (Å²) >= 11 is 6.21. The Labute approximate surface area is 240 Å². The van der Waals surface area contributed by atoms with Gasteiger partial charge in [-0.1, -0.05) is 71.8 Å². The van der Waals surface area contributed by atoms with Crippen molar-refractivity contribution in [3.05, 3.63) is 135 Å². The van der Waals surface area contributed by atoms with Crippen LogP contribution in [0, 0.1) is 13.8 Å². The third-order valence-electron chi connectivity index (χ3n) is 7.46. The molecular formula is C34H25ClN4O2. The molecule has 200 valence electrons. The number of halogens is 1.